The van der Waals surface area contributed by atoms with Gasteiger partial charge in [-0.05, 0) is 121 Å². The summed E-state index contributed by atoms with van der Waals surface area (Å²) in [6.45, 7) is 16.3. The zero-order chi connectivity index (χ0) is 39.8. The maximum absolute atomic E-state index is 16.1. The zero-order valence-corrected chi connectivity index (χ0v) is 35.1. The molecule has 3 aromatic heterocycles. The molecule has 0 aliphatic carbocycles. The number of halogens is 1. The fraction of sp³-hybridized carbons (Fsp3) is 0.192. The highest BCUT2D eigenvalue weighted by atomic mass is 28.3. The molecule has 2 aliphatic rings. The molecule has 6 heteroatoms. The lowest BCUT2D eigenvalue weighted by Crippen LogP contribution is -2.72. The number of furan rings is 1. The van der Waals surface area contributed by atoms with E-state index in [1.807, 2.05) is 6.07 Å². The van der Waals surface area contributed by atoms with Gasteiger partial charge in [0.1, 0.15) is 22.7 Å². The molecule has 0 amide bonds. The first-order chi connectivity index (χ1) is 28.0. The summed E-state index contributed by atoms with van der Waals surface area (Å²) in [5.41, 5.74) is 15.4. The second-order valence-electron chi connectivity index (χ2n) is 17.9. The number of pyridine rings is 1. The highest BCUT2D eigenvalue weighted by Crippen LogP contribution is 2.52. The van der Waals surface area contributed by atoms with E-state index in [0.717, 1.165) is 84.4 Å². The highest BCUT2D eigenvalue weighted by molar-refractivity contribution is 6.89. The van der Waals surface area contributed by atoms with Crippen LogP contribution < -0.4 is 14.3 Å². The van der Waals surface area contributed by atoms with Crippen molar-refractivity contribution < 1.29 is 17.9 Å². The Hall–Kier alpha value is -6.11. The van der Waals surface area contributed by atoms with Gasteiger partial charge in [0, 0.05) is 22.0 Å². The van der Waals surface area contributed by atoms with Gasteiger partial charge in [-0.15, -0.1) is 9.13 Å². The number of hydrogen-bond donors (Lipinski definition) is 0. The van der Waals surface area contributed by atoms with Gasteiger partial charge in [-0.1, -0.05) is 88.1 Å². The molecule has 0 saturated carbocycles. The van der Waals surface area contributed by atoms with Gasteiger partial charge in [0.2, 0.25) is 5.69 Å². The number of hydrogen-bond acceptors (Lipinski definition) is 1. The molecular formula is C52H46FN3OSi+2. The maximum atomic E-state index is 16.1. The molecule has 0 N–H and O–H groups in total. The quantitative estimate of drug-likeness (QED) is 0.126. The van der Waals surface area contributed by atoms with Crippen molar-refractivity contribution >= 4 is 46.2 Å². The standard InChI is InChI=1S/C52H46FN3OSi/c1-31(2)26-35-27-45-40-23-21-36(53)29-42(40)52(54(45)30-47(35)58(5,6)7)41-25-24-39-38-22-20-34(48-32(3)14-13-15-33(48)4)28-46(38)57-50(39)49(41)51-55(37-16-9-8-10-17-37)43-18-11-12-19-44(43)56(51)52/h8-25,27-31H,26H2,1-7H3/q+2. The minimum Gasteiger partial charge on any atom is -0.455 e. The van der Waals surface area contributed by atoms with Crippen molar-refractivity contribution in [1.29, 1.82) is 0 Å². The van der Waals surface area contributed by atoms with E-state index in [9.17, 15) is 0 Å². The van der Waals surface area contributed by atoms with Crippen molar-refractivity contribution in [3.8, 4) is 39.5 Å². The Kier molecular flexibility index (Phi) is 7.38. The minimum absolute atomic E-state index is 0.245. The van der Waals surface area contributed by atoms with Crippen molar-refractivity contribution in [3.05, 3.63) is 167 Å². The van der Waals surface area contributed by atoms with Gasteiger partial charge in [0.05, 0.1) is 24.8 Å². The smallest absolute Gasteiger partial charge is 0.365 e. The third-order valence-corrected chi connectivity index (χ3v) is 14.8. The van der Waals surface area contributed by atoms with E-state index in [-0.39, 0.29) is 5.82 Å². The highest BCUT2D eigenvalue weighted by Gasteiger charge is 2.67. The Morgan fingerprint density at radius 2 is 1.48 bits per heavy atom. The number of imidazole rings is 1. The molecule has 2 aliphatic heterocycles. The first-order valence-corrected chi connectivity index (χ1v) is 24.0. The topological polar surface area (TPSA) is 25.8 Å². The molecule has 1 spiro atoms. The molecule has 1 atom stereocenters. The molecule has 0 bridgehead atoms. The maximum Gasteiger partial charge on any atom is 0.365 e. The number of nitrogens with zero attached hydrogens (tertiary/aromatic N) is 3. The molecule has 58 heavy (non-hydrogen) atoms. The first-order valence-electron chi connectivity index (χ1n) is 20.5. The van der Waals surface area contributed by atoms with Crippen LogP contribution >= 0.6 is 0 Å². The van der Waals surface area contributed by atoms with Crippen LogP contribution in [0.2, 0.25) is 19.6 Å². The summed E-state index contributed by atoms with van der Waals surface area (Å²) < 4.78 is 30.7. The summed E-state index contributed by atoms with van der Waals surface area (Å²) >= 11 is 0. The van der Waals surface area contributed by atoms with Crippen LogP contribution in [0.25, 0.3) is 72.4 Å². The fourth-order valence-corrected chi connectivity index (χ4v) is 12.1. The van der Waals surface area contributed by atoms with Crippen LogP contribution in [0.15, 0.2) is 138 Å². The predicted octanol–water partition coefficient (Wildman–Crippen LogP) is 11.5. The summed E-state index contributed by atoms with van der Waals surface area (Å²) in [4.78, 5) is 0. The zero-order valence-electron chi connectivity index (χ0n) is 34.1. The monoisotopic (exact) mass is 775 g/mol. The van der Waals surface area contributed by atoms with Crippen LogP contribution in [0.1, 0.15) is 41.7 Å². The Bertz CT molecular complexity index is 3180. The Balaban J connectivity index is 1.33. The molecule has 11 rings (SSSR count). The SMILES string of the molecule is Cc1cccc(C)c1-c1ccc2c(c1)oc1c3c(ccc12)C1(c2cc(F)ccc2-c2cc(CC(C)C)c([Si](C)(C)C)c[n+]21)[n+]1c-3n(-c2ccccc2)c2ccccc21. The number of aryl methyl sites for hydroxylation is 2. The summed E-state index contributed by atoms with van der Waals surface area (Å²) in [5, 5.41) is 3.57. The van der Waals surface area contributed by atoms with Crippen LogP contribution in [0, 0.1) is 25.6 Å². The van der Waals surface area contributed by atoms with Gasteiger partial charge in [-0.3, -0.25) is 0 Å². The number of rotatable bonds is 5. The summed E-state index contributed by atoms with van der Waals surface area (Å²) in [6.07, 6.45) is 3.44. The number of benzene rings is 6. The van der Waals surface area contributed by atoms with Crippen molar-refractivity contribution in [2.45, 2.75) is 59.4 Å². The number of aromatic nitrogens is 3. The molecular weight excluding hydrogens is 730 g/mol. The number of fused-ring (bicyclic) bond motifs is 16. The van der Waals surface area contributed by atoms with E-state index in [1.165, 1.54) is 27.4 Å². The van der Waals surface area contributed by atoms with E-state index in [1.54, 1.807) is 12.1 Å². The lowest BCUT2D eigenvalue weighted by atomic mass is 9.88. The normalized spacial score (nSPS) is 15.5. The van der Waals surface area contributed by atoms with Crippen LogP contribution in [0.5, 0.6) is 0 Å². The van der Waals surface area contributed by atoms with Crippen LogP contribution in [-0.4, -0.2) is 12.6 Å². The third kappa shape index (κ3) is 4.66. The summed E-state index contributed by atoms with van der Waals surface area (Å²) in [5.74, 6) is 1.26. The van der Waals surface area contributed by atoms with Crippen molar-refractivity contribution in [2.75, 3.05) is 0 Å². The average Bonchev–Trinajstić information content (AvgIpc) is 3.90. The molecule has 0 saturated heterocycles. The summed E-state index contributed by atoms with van der Waals surface area (Å²) in [6, 6.07) is 44.8. The Labute approximate surface area is 339 Å². The first kappa shape index (κ1) is 35.1. The second kappa shape index (κ2) is 12.2. The average molecular weight is 776 g/mol. The fourth-order valence-electron chi connectivity index (χ4n) is 10.5. The lowest BCUT2D eigenvalue weighted by molar-refractivity contribution is -0.944. The molecule has 6 aromatic carbocycles. The summed E-state index contributed by atoms with van der Waals surface area (Å²) in [7, 11) is -1.89. The van der Waals surface area contributed by atoms with E-state index >= 15 is 4.39 Å². The lowest BCUT2D eigenvalue weighted by Gasteiger charge is -2.24. The van der Waals surface area contributed by atoms with Crippen molar-refractivity contribution in [1.82, 2.24) is 4.57 Å². The van der Waals surface area contributed by atoms with E-state index in [2.05, 4.69) is 176 Å². The van der Waals surface area contributed by atoms with Gasteiger partial charge in [0.25, 0.3) is 0 Å². The molecule has 9 aromatic rings. The largest absolute Gasteiger partial charge is 0.455 e. The molecule has 1 unspecified atom stereocenters. The van der Waals surface area contributed by atoms with Gasteiger partial charge in [0.15, 0.2) is 22.8 Å². The van der Waals surface area contributed by atoms with Crippen LogP contribution in [0.3, 0.4) is 0 Å². The molecule has 0 radical (unpaired) electrons. The third-order valence-electron chi connectivity index (χ3n) is 12.7. The molecule has 4 nitrogen and oxygen atoms in total. The molecule has 5 heterocycles. The van der Waals surface area contributed by atoms with E-state index < -0.39 is 13.7 Å². The second-order valence-corrected chi connectivity index (χ2v) is 23.0. The predicted molar refractivity (Wildman–Crippen MR) is 236 cm³/mol. The Morgan fingerprint density at radius 3 is 2.24 bits per heavy atom. The van der Waals surface area contributed by atoms with Crippen LogP contribution in [-0.2, 0) is 12.1 Å². The van der Waals surface area contributed by atoms with E-state index in [4.69, 9.17) is 4.42 Å². The Morgan fingerprint density at radius 1 is 0.741 bits per heavy atom. The van der Waals surface area contributed by atoms with Gasteiger partial charge in [-0.25, -0.2) is 4.39 Å². The van der Waals surface area contributed by atoms with Gasteiger partial charge < -0.3 is 4.42 Å². The van der Waals surface area contributed by atoms with Gasteiger partial charge in [-0.2, -0.15) is 4.57 Å². The van der Waals surface area contributed by atoms with Crippen molar-refractivity contribution in [2.24, 2.45) is 5.92 Å². The van der Waals surface area contributed by atoms with Crippen LogP contribution in [0.4, 0.5) is 4.39 Å². The molecule has 0 fully saturated rings. The van der Waals surface area contributed by atoms with Gasteiger partial charge >= 0.3 is 11.5 Å². The molecule has 284 valence electrons. The van der Waals surface area contributed by atoms with E-state index in [0.29, 0.717) is 5.92 Å². The van der Waals surface area contributed by atoms with Crippen molar-refractivity contribution in [3.63, 3.8) is 0 Å². The minimum atomic E-state index is -1.89. The number of para-hydroxylation sites is 3.